The van der Waals surface area contributed by atoms with Crippen molar-refractivity contribution in [2.75, 3.05) is 38.2 Å². The topological polar surface area (TPSA) is 115 Å². The average Bonchev–Trinajstić information content (AvgIpc) is 3.52. The van der Waals surface area contributed by atoms with Crippen molar-refractivity contribution >= 4 is 34.7 Å². The number of hydrogen-bond acceptors (Lipinski definition) is 8. The van der Waals surface area contributed by atoms with Crippen LogP contribution in [-0.4, -0.2) is 80.7 Å². The number of benzene rings is 1. The summed E-state index contributed by atoms with van der Waals surface area (Å²) in [5.74, 6) is 0.505. The second-order valence-corrected chi connectivity index (χ2v) is 10.4. The number of aromatic nitrogens is 4. The van der Waals surface area contributed by atoms with Crippen LogP contribution in [0, 0.1) is 5.82 Å². The Morgan fingerprint density at radius 2 is 2.16 bits per heavy atom. The van der Waals surface area contributed by atoms with E-state index in [2.05, 4.69) is 15.3 Å². The maximum atomic E-state index is 15.5. The summed E-state index contributed by atoms with van der Waals surface area (Å²) in [7, 11) is 0. The Labute approximate surface area is 225 Å². The molecule has 10 nitrogen and oxygen atoms in total. The van der Waals surface area contributed by atoms with Crippen LogP contribution in [0.3, 0.4) is 0 Å². The summed E-state index contributed by atoms with van der Waals surface area (Å²) < 4.78 is 28.0. The highest BCUT2D eigenvalue weighted by atomic mass is 35.5. The number of aliphatic hydroxyl groups excluding tert-OH is 1. The molecule has 2 aromatic heterocycles. The molecule has 5 rings (SSSR count). The number of carbonyl (C=O) groups excluding carboxylic acids is 1. The first-order valence-electron chi connectivity index (χ1n) is 12.9. The molecule has 2 fully saturated rings. The molecule has 1 aromatic carbocycles. The molecular formula is C26H32ClFN6O4. The number of anilines is 1. The predicted molar refractivity (Wildman–Crippen MR) is 141 cm³/mol. The summed E-state index contributed by atoms with van der Waals surface area (Å²) in [6, 6.07) is 2.95. The zero-order valence-electron chi connectivity index (χ0n) is 21.7. The molecule has 2 aliphatic rings. The monoisotopic (exact) mass is 546 g/mol. The van der Waals surface area contributed by atoms with Crippen LogP contribution in [-0.2, 0) is 9.47 Å². The number of fused-ring (bicyclic) bond motifs is 1. The van der Waals surface area contributed by atoms with Gasteiger partial charge in [0.15, 0.2) is 5.82 Å². The highest BCUT2D eigenvalue weighted by molar-refractivity contribution is 6.33. The molecule has 1 amide bonds. The summed E-state index contributed by atoms with van der Waals surface area (Å²) in [5, 5.41) is 13.6. The van der Waals surface area contributed by atoms with E-state index in [1.165, 1.54) is 12.3 Å². The quantitative estimate of drug-likeness (QED) is 0.468. The van der Waals surface area contributed by atoms with E-state index in [1.54, 1.807) is 11.8 Å². The predicted octanol–water partition coefficient (Wildman–Crippen LogP) is 4.37. The van der Waals surface area contributed by atoms with E-state index in [0.717, 1.165) is 5.82 Å². The molecule has 38 heavy (non-hydrogen) atoms. The average molecular weight is 547 g/mol. The van der Waals surface area contributed by atoms with Crippen LogP contribution in [0.15, 0.2) is 18.3 Å². The van der Waals surface area contributed by atoms with Gasteiger partial charge in [0, 0.05) is 37.2 Å². The number of carbonyl (C=O) groups is 1. The third kappa shape index (κ3) is 5.14. The van der Waals surface area contributed by atoms with Gasteiger partial charge in [0.25, 0.3) is 0 Å². The number of rotatable bonds is 6. The second kappa shape index (κ2) is 11.0. The van der Waals surface area contributed by atoms with E-state index in [0.29, 0.717) is 61.9 Å². The number of ether oxygens (including phenoxy) is 2. The van der Waals surface area contributed by atoms with E-state index in [-0.39, 0.29) is 41.2 Å². The number of imidazole rings is 1. The number of aliphatic hydroxyl groups is 1. The fourth-order valence-corrected chi connectivity index (χ4v) is 5.39. The number of halogens is 2. The van der Waals surface area contributed by atoms with Gasteiger partial charge in [0.05, 0.1) is 47.8 Å². The first kappa shape index (κ1) is 26.6. The minimum atomic E-state index is -0.686. The number of nitrogens with zero attached hydrogens (tertiary/aromatic N) is 5. The smallest absolute Gasteiger partial charge is 0.409 e. The van der Waals surface area contributed by atoms with Crippen molar-refractivity contribution in [1.82, 2.24) is 24.4 Å². The van der Waals surface area contributed by atoms with Crippen LogP contribution in [0.2, 0.25) is 5.02 Å². The van der Waals surface area contributed by atoms with Gasteiger partial charge in [0.1, 0.15) is 11.3 Å². The molecule has 2 N–H and O–H groups in total. The summed E-state index contributed by atoms with van der Waals surface area (Å²) in [6.45, 7) is 7.93. The normalized spacial score (nSPS) is 21.9. The van der Waals surface area contributed by atoms with Crippen molar-refractivity contribution in [1.29, 1.82) is 0 Å². The fourth-order valence-electron chi connectivity index (χ4n) is 5.19. The third-order valence-corrected chi connectivity index (χ3v) is 7.31. The second-order valence-electron chi connectivity index (χ2n) is 9.96. The van der Waals surface area contributed by atoms with Gasteiger partial charge in [-0.2, -0.15) is 0 Å². The van der Waals surface area contributed by atoms with E-state index in [4.69, 9.17) is 26.1 Å². The van der Waals surface area contributed by atoms with Crippen LogP contribution in [0.1, 0.15) is 51.4 Å². The first-order chi connectivity index (χ1) is 18.3. The van der Waals surface area contributed by atoms with E-state index in [9.17, 15) is 9.90 Å². The molecule has 204 valence electrons. The van der Waals surface area contributed by atoms with Crippen LogP contribution in [0.25, 0.3) is 22.3 Å². The zero-order chi connectivity index (χ0) is 27.0. The van der Waals surface area contributed by atoms with Crippen LogP contribution in [0.4, 0.5) is 15.1 Å². The Kier molecular flexibility index (Phi) is 7.69. The molecule has 2 saturated heterocycles. The first-order valence-corrected chi connectivity index (χ1v) is 13.3. The lowest BCUT2D eigenvalue weighted by Crippen LogP contribution is -2.42. The number of hydrogen-bond donors (Lipinski definition) is 2. The maximum absolute atomic E-state index is 15.5. The van der Waals surface area contributed by atoms with Crippen LogP contribution >= 0.6 is 11.6 Å². The summed E-state index contributed by atoms with van der Waals surface area (Å²) in [6.07, 6.45) is 1.76. The lowest BCUT2D eigenvalue weighted by molar-refractivity contribution is -0.0136. The summed E-state index contributed by atoms with van der Waals surface area (Å²) in [5.41, 5.74) is 1.76. The lowest BCUT2D eigenvalue weighted by atomic mass is 10.1. The lowest BCUT2D eigenvalue weighted by Gasteiger charge is -2.28. The summed E-state index contributed by atoms with van der Waals surface area (Å²) >= 11 is 6.47. The van der Waals surface area contributed by atoms with Gasteiger partial charge in [-0.05, 0) is 45.7 Å². The highest BCUT2D eigenvalue weighted by Gasteiger charge is 2.33. The molecule has 3 atom stereocenters. The number of likely N-dealkylation sites (tertiary alicyclic amines) is 1. The van der Waals surface area contributed by atoms with Gasteiger partial charge in [-0.15, -0.1) is 0 Å². The van der Waals surface area contributed by atoms with Crippen molar-refractivity contribution in [3.63, 3.8) is 0 Å². The number of amides is 1. The Morgan fingerprint density at radius 3 is 2.89 bits per heavy atom. The van der Waals surface area contributed by atoms with E-state index >= 15 is 4.39 Å². The van der Waals surface area contributed by atoms with E-state index < -0.39 is 11.9 Å². The van der Waals surface area contributed by atoms with Gasteiger partial charge in [-0.3, -0.25) is 0 Å². The molecule has 1 unspecified atom stereocenters. The molecule has 3 aromatic rings. The Bertz CT molecular complexity index is 1330. The van der Waals surface area contributed by atoms with Gasteiger partial charge < -0.3 is 29.4 Å². The van der Waals surface area contributed by atoms with Crippen molar-refractivity contribution in [2.24, 2.45) is 0 Å². The Hall–Kier alpha value is -3.02. The van der Waals surface area contributed by atoms with Gasteiger partial charge >= 0.3 is 6.09 Å². The third-order valence-electron chi connectivity index (χ3n) is 7.03. The highest BCUT2D eigenvalue weighted by Crippen LogP contribution is 2.36. The molecule has 4 heterocycles. The van der Waals surface area contributed by atoms with Crippen LogP contribution < -0.4 is 5.32 Å². The molecule has 0 spiro atoms. The fraction of sp³-hybridized carbons (Fsp3) is 0.538. The standard InChI is InChI=1S/C26H32ClFN6O4/c1-4-38-26(36)33-7-5-15(12-33)24-31-23-18(28)9-16(10-20(23)34(24)14(2)3)22-17(27)11-29-25(32-22)30-19-6-8-37-13-21(19)35/h9-11,14-15,19,21,35H,4-8,12-13H2,1-3H3,(H,29,30,32)/t15-,19-,21?/m1/s1. The number of nitrogens with one attached hydrogen (secondary N) is 1. The SMILES string of the molecule is CCOC(=O)N1CC[C@@H](c2nc3c(F)cc(-c4nc(N[C@@H]5CCOCC5O)ncc4Cl)cc3n2C(C)C)C1. The molecule has 2 aliphatic heterocycles. The van der Waals surface area contributed by atoms with Crippen molar-refractivity contribution in [2.45, 2.75) is 57.7 Å². The molecule has 0 radical (unpaired) electrons. The van der Waals surface area contributed by atoms with Gasteiger partial charge in [0.2, 0.25) is 5.95 Å². The van der Waals surface area contributed by atoms with Gasteiger partial charge in [-0.25, -0.2) is 24.1 Å². The molecule has 12 heteroatoms. The minimum absolute atomic E-state index is 0.00519. The van der Waals surface area contributed by atoms with Crippen molar-refractivity contribution in [3.05, 3.63) is 35.0 Å². The zero-order valence-corrected chi connectivity index (χ0v) is 22.4. The molecule has 0 bridgehead atoms. The van der Waals surface area contributed by atoms with Crippen LogP contribution in [0.5, 0.6) is 0 Å². The largest absolute Gasteiger partial charge is 0.450 e. The van der Waals surface area contributed by atoms with Gasteiger partial charge in [-0.1, -0.05) is 11.6 Å². The van der Waals surface area contributed by atoms with Crippen molar-refractivity contribution < 1.29 is 23.8 Å². The minimum Gasteiger partial charge on any atom is -0.450 e. The Balaban J connectivity index is 1.50. The van der Waals surface area contributed by atoms with E-state index in [1.807, 2.05) is 24.5 Å². The molecular weight excluding hydrogens is 515 g/mol. The molecule has 0 aliphatic carbocycles. The maximum Gasteiger partial charge on any atom is 0.409 e. The summed E-state index contributed by atoms with van der Waals surface area (Å²) in [4.78, 5) is 27.4. The molecule has 0 saturated carbocycles. The van der Waals surface area contributed by atoms with Crippen molar-refractivity contribution in [3.8, 4) is 11.3 Å². The Morgan fingerprint density at radius 1 is 1.34 bits per heavy atom.